The van der Waals surface area contributed by atoms with E-state index >= 15 is 0 Å². The molecule has 53 heavy (non-hydrogen) atoms. The third-order valence-corrected chi connectivity index (χ3v) is 10.2. The molecular formula is C41H62N6O6. The molecule has 1 saturated heterocycles. The van der Waals surface area contributed by atoms with Crippen LogP contribution in [0, 0.1) is 17.8 Å². The molecule has 9 N–H and O–H groups in total. The van der Waals surface area contributed by atoms with Crippen molar-refractivity contribution in [1.29, 1.82) is 0 Å². The molecule has 0 spiro atoms. The van der Waals surface area contributed by atoms with Crippen molar-refractivity contribution in [3.63, 3.8) is 0 Å². The number of hydrogen-bond donors (Lipinski definition) is 6. The average Bonchev–Trinajstić information content (AvgIpc) is 3.13. The van der Waals surface area contributed by atoms with Gasteiger partial charge >= 0.3 is 5.97 Å². The van der Waals surface area contributed by atoms with Gasteiger partial charge in [-0.2, -0.15) is 0 Å². The highest BCUT2D eigenvalue weighted by Gasteiger charge is 2.40. The number of likely N-dealkylation sites (tertiary alicyclic amines) is 1. The number of Topliss-reactive ketones (excluding diaryl/α,β-unsaturated/α-hetero) is 2. The molecule has 12 nitrogen and oxygen atoms in total. The zero-order valence-corrected chi connectivity index (χ0v) is 31.6. The molecule has 12 heteroatoms. The Hall–Kier alpha value is -3.97. The minimum absolute atomic E-state index is 0.0577. The monoisotopic (exact) mass is 734 g/mol. The molecule has 2 aromatic carbocycles. The van der Waals surface area contributed by atoms with Crippen LogP contribution in [0.1, 0.15) is 82.8 Å². The van der Waals surface area contributed by atoms with Gasteiger partial charge < -0.3 is 37.8 Å². The number of nitrogens with zero attached hydrogens (tertiary/aromatic N) is 1. The summed E-state index contributed by atoms with van der Waals surface area (Å²) in [6.07, 6.45) is 3.98. The van der Waals surface area contributed by atoms with Crippen LogP contribution in [0.2, 0.25) is 0 Å². The quantitative estimate of drug-likeness (QED) is 0.0869. The number of nitrogens with two attached hydrogens (primary N) is 3. The molecule has 0 unspecified atom stereocenters. The molecule has 0 aromatic heterocycles. The van der Waals surface area contributed by atoms with Crippen LogP contribution in [0.3, 0.4) is 0 Å². The van der Waals surface area contributed by atoms with Crippen LogP contribution < -0.4 is 27.8 Å². The van der Waals surface area contributed by atoms with E-state index in [0.29, 0.717) is 38.6 Å². The van der Waals surface area contributed by atoms with Crippen molar-refractivity contribution >= 4 is 29.4 Å². The summed E-state index contributed by atoms with van der Waals surface area (Å²) in [6.45, 7) is 6.50. The zero-order valence-electron chi connectivity index (χ0n) is 31.6. The van der Waals surface area contributed by atoms with E-state index in [-0.39, 0.29) is 62.2 Å². The lowest BCUT2D eigenvalue weighted by molar-refractivity contribution is -0.149. The number of amides is 2. The van der Waals surface area contributed by atoms with Gasteiger partial charge in [-0.3, -0.25) is 24.0 Å². The minimum Gasteiger partial charge on any atom is -0.480 e. The highest BCUT2D eigenvalue weighted by molar-refractivity contribution is 5.95. The van der Waals surface area contributed by atoms with E-state index in [1.807, 2.05) is 74.5 Å². The summed E-state index contributed by atoms with van der Waals surface area (Å²) >= 11 is 0. The molecule has 3 rings (SSSR count). The Labute approximate surface area is 315 Å². The molecule has 1 heterocycles. The van der Waals surface area contributed by atoms with Gasteiger partial charge in [-0.05, 0) is 88.0 Å². The second kappa shape index (κ2) is 22.3. The largest absolute Gasteiger partial charge is 0.480 e. The van der Waals surface area contributed by atoms with Crippen molar-refractivity contribution in [2.45, 2.75) is 102 Å². The van der Waals surface area contributed by atoms with Crippen LogP contribution in [0.5, 0.6) is 0 Å². The molecule has 0 saturated carbocycles. The molecule has 1 aliphatic rings. The fraction of sp³-hybridized carbons (Fsp3) is 0.585. The molecule has 0 radical (unpaired) electrons. The third kappa shape index (κ3) is 14.8. The Kier molecular flexibility index (Phi) is 18.3. The second-order valence-corrected chi connectivity index (χ2v) is 15.1. The summed E-state index contributed by atoms with van der Waals surface area (Å²) in [6, 6.07) is 17.3. The van der Waals surface area contributed by atoms with Crippen LogP contribution >= 0.6 is 0 Å². The molecular weight excluding hydrogens is 672 g/mol. The van der Waals surface area contributed by atoms with Gasteiger partial charge in [0.05, 0.1) is 12.1 Å². The first-order valence-corrected chi connectivity index (χ1v) is 19.2. The number of carbonyl (C=O) groups is 5. The predicted octanol–water partition coefficient (Wildman–Crippen LogP) is 2.99. The van der Waals surface area contributed by atoms with Crippen LogP contribution in [0.4, 0.5) is 0 Å². The second-order valence-electron chi connectivity index (χ2n) is 15.1. The number of unbranched alkanes of at least 4 members (excludes halogenated alkanes) is 1. The predicted molar refractivity (Wildman–Crippen MR) is 207 cm³/mol. The number of carbonyl (C=O) groups excluding carboxylic acids is 4. The van der Waals surface area contributed by atoms with Gasteiger partial charge in [0.25, 0.3) is 0 Å². The van der Waals surface area contributed by atoms with Gasteiger partial charge in [0.15, 0.2) is 11.6 Å². The highest BCUT2D eigenvalue weighted by atomic mass is 16.4. The first-order valence-electron chi connectivity index (χ1n) is 19.2. The first kappa shape index (κ1) is 43.4. The maximum Gasteiger partial charge on any atom is 0.323 e. The Morgan fingerprint density at radius 3 is 1.94 bits per heavy atom. The number of piperidine rings is 1. The van der Waals surface area contributed by atoms with Crippen LogP contribution in [-0.4, -0.2) is 89.7 Å². The lowest BCUT2D eigenvalue weighted by atomic mass is 9.86. The van der Waals surface area contributed by atoms with Gasteiger partial charge in [0.2, 0.25) is 11.8 Å². The van der Waals surface area contributed by atoms with Crippen molar-refractivity contribution in [1.82, 2.24) is 15.5 Å². The number of benzene rings is 2. The fourth-order valence-corrected chi connectivity index (χ4v) is 6.85. The summed E-state index contributed by atoms with van der Waals surface area (Å²) in [5.41, 5.74) is 18.4. The van der Waals surface area contributed by atoms with E-state index in [2.05, 4.69) is 10.6 Å². The molecule has 1 fully saturated rings. The van der Waals surface area contributed by atoms with E-state index in [0.717, 1.165) is 37.1 Å². The zero-order chi connectivity index (χ0) is 38.8. The Balaban J connectivity index is 1.76. The Morgan fingerprint density at radius 1 is 0.811 bits per heavy atom. The van der Waals surface area contributed by atoms with Crippen molar-refractivity contribution in [3.05, 3.63) is 71.8 Å². The van der Waals surface area contributed by atoms with Crippen molar-refractivity contribution in [3.8, 4) is 0 Å². The summed E-state index contributed by atoms with van der Waals surface area (Å²) < 4.78 is 0. The number of carboxylic acid groups (broad SMARTS) is 1. The van der Waals surface area contributed by atoms with Gasteiger partial charge in [-0.15, -0.1) is 0 Å². The standard InChI is InChI=1S/C41H62N6O6/c1-29(2)24-35(46-38(50)33(25-30-12-5-3-6-13-30)28-36(48)34(43)26-31-14-7-4-8-15-31)37(49)27-32(16-9-10-20-45-21-11-19-42)39(51)47-22-17-41(44,18-23-47)40(52)53/h3-8,12-15,29,32-35,45H,9-11,16-28,42-44H2,1-2H3,(H,46,50)(H,52,53)/t32-,33-,34+,35+/m0/s1. The number of carboxylic acids is 1. The number of nitrogens with one attached hydrogen (secondary N) is 2. The minimum atomic E-state index is -1.38. The first-order chi connectivity index (χ1) is 25.3. The van der Waals surface area contributed by atoms with E-state index in [4.69, 9.17) is 17.2 Å². The molecule has 0 aliphatic carbocycles. The van der Waals surface area contributed by atoms with Crippen LogP contribution in [0.15, 0.2) is 60.7 Å². The molecule has 4 atom stereocenters. The summed E-state index contributed by atoms with van der Waals surface area (Å²) in [4.78, 5) is 68.9. The van der Waals surface area contributed by atoms with E-state index in [1.165, 1.54) is 0 Å². The average molecular weight is 735 g/mol. The van der Waals surface area contributed by atoms with Gasteiger partial charge in [-0.25, -0.2) is 0 Å². The third-order valence-electron chi connectivity index (χ3n) is 10.2. The number of ketones is 2. The van der Waals surface area contributed by atoms with E-state index in [9.17, 15) is 29.1 Å². The normalized spacial score (nSPS) is 16.4. The van der Waals surface area contributed by atoms with Crippen LogP contribution in [0.25, 0.3) is 0 Å². The maximum atomic E-state index is 14.1. The smallest absolute Gasteiger partial charge is 0.323 e. The summed E-state index contributed by atoms with van der Waals surface area (Å²) in [5, 5.41) is 15.9. The number of rotatable bonds is 24. The highest BCUT2D eigenvalue weighted by Crippen LogP contribution is 2.26. The van der Waals surface area contributed by atoms with Crippen LogP contribution in [-0.2, 0) is 36.8 Å². The SMILES string of the molecule is CC(C)C[C@@H](NC(=O)[C@H](CC(=O)[C@H](N)Cc1ccccc1)Cc1ccccc1)C(=O)C[C@H](CCCCNCCCN)C(=O)N1CCC(N)(C(=O)O)CC1. The number of hydrogen-bond acceptors (Lipinski definition) is 9. The van der Waals surface area contributed by atoms with Crippen molar-refractivity contribution in [2.75, 3.05) is 32.7 Å². The van der Waals surface area contributed by atoms with Crippen molar-refractivity contribution < 1.29 is 29.1 Å². The molecule has 2 aromatic rings. The summed E-state index contributed by atoms with van der Waals surface area (Å²) in [5.74, 6) is -3.49. The van der Waals surface area contributed by atoms with Gasteiger partial charge in [0, 0.05) is 37.8 Å². The van der Waals surface area contributed by atoms with E-state index in [1.54, 1.807) is 4.90 Å². The van der Waals surface area contributed by atoms with E-state index < -0.39 is 41.3 Å². The molecule has 292 valence electrons. The lowest BCUT2D eigenvalue weighted by Crippen LogP contribution is -2.57. The summed E-state index contributed by atoms with van der Waals surface area (Å²) in [7, 11) is 0. The van der Waals surface area contributed by atoms with Crippen molar-refractivity contribution in [2.24, 2.45) is 35.0 Å². The Morgan fingerprint density at radius 2 is 1.38 bits per heavy atom. The fourth-order valence-electron chi connectivity index (χ4n) is 6.85. The molecule has 1 aliphatic heterocycles. The molecule has 2 amide bonds. The van der Waals surface area contributed by atoms with Gasteiger partial charge in [-0.1, -0.05) is 80.9 Å². The van der Waals surface area contributed by atoms with Gasteiger partial charge in [0.1, 0.15) is 5.54 Å². The number of aliphatic carboxylic acids is 1. The topological polar surface area (TPSA) is 211 Å². The Bertz CT molecular complexity index is 1450. The molecule has 0 bridgehead atoms. The maximum absolute atomic E-state index is 14.1. The lowest BCUT2D eigenvalue weighted by Gasteiger charge is -2.38.